The summed E-state index contributed by atoms with van der Waals surface area (Å²) >= 11 is 2.85. The van der Waals surface area contributed by atoms with Crippen LogP contribution < -0.4 is 11.1 Å². The number of nitrogens with zero attached hydrogens (tertiary/aromatic N) is 3. The van der Waals surface area contributed by atoms with Gasteiger partial charge in [-0.3, -0.25) is 4.79 Å². The lowest BCUT2D eigenvalue weighted by Crippen LogP contribution is -2.26. The van der Waals surface area contributed by atoms with Gasteiger partial charge < -0.3 is 16.0 Å². The Kier molecular flexibility index (Phi) is 4.56. The fourth-order valence-electron chi connectivity index (χ4n) is 1.68. The molecule has 0 aliphatic heterocycles. The van der Waals surface area contributed by atoms with Crippen molar-refractivity contribution in [2.75, 3.05) is 24.6 Å². The SMILES string of the molecule is CCNc1nc(N)c(C(=O)N(C)Cc2csc(C)n2)s1. The lowest BCUT2D eigenvalue weighted by Gasteiger charge is -2.14. The molecule has 0 fully saturated rings. The van der Waals surface area contributed by atoms with Crippen LogP contribution in [0.1, 0.15) is 27.3 Å². The maximum Gasteiger partial charge on any atom is 0.267 e. The molecular weight excluding hydrogens is 294 g/mol. The number of carbonyl (C=O) groups excluding carboxylic acids is 1. The molecule has 2 aromatic heterocycles. The summed E-state index contributed by atoms with van der Waals surface area (Å²) in [6.45, 7) is 5.13. The molecule has 1 amide bonds. The maximum atomic E-state index is 12.4. The molecule has 6 nitrogen and oxygen atoms in total. The van der Waals surface area contributed by atoms with E-state index in [0.717, 1.165) is 17.2 Å². The van der Waals surface area contributed by atoms with Gasteiger partial charge in [0.2, 0.25) is 0 Å². The molecule has 0 spiro atoms. The first-order valence-corrected chi connectivity index (χ1v) is 7.87. The molecule has 8 heteroatoms. The van der Waals surface area contributed by atoms with Gasteiger partial charge in [-0.1, -0.05) is 11.3 Å². The first-order valence-electron chi connectivity index (χ1n) is 6.18. The van der Waals surface area contributed by atoms with Gasteiger partial charge >= 0.3 is 0 Å². The average Bonchev–Trinajstić information content (AvgIpc) is 2.95. The highest BCUT2D eigenvalue weighted by atomic mass is 32.1. The summed E-state index contributed by atoms with van der Waals surface area (Å²) in [5.74, 6) is 0.145. The molecule has 108 valence electrons. The van der Waals surface area contributed by atoms with Crippen molar-refractivity contribution >= 4 is 39.5 Å². The van der Waals surface area contributed by atoms with E-state index in [4.69, 9.17) is 5.73 Å². The number of anilines is 2. The molecule has 0 radical (unpaired) electrons. The molecular formula is C12H17N5OS2. The van der Waals surface area contributed by atoms with Crippen LogP contribution in [0.3, 0.4) is 0 Å². The van der Waals surface area contributed by atoms with E-state index < -0.39 is 0 Å². The molecule has 3 N–H and O–H groups in total. The average molecular weight is 311 g/mol. The number of amides is 1. The number of hydrogen-bond donors (Lipinski definition) is 2. The first kappa shape index (κ1) is 14.7. The number of hydrogen-bond acceptors (Lipinski definition) is 7. The van der Waals surface area contributed by atoms with Crippen LogP contribution in [0.15, 0.2) is 5.38 Å². The number of nitrogens with two attached hydrogens (primary N) is 1. The van der Waals surface area contributed by atoms with E-state index in [1.54, 1.807) is 23.3 Å². The van der Waals surface area contributed by atoms with Gasteiger partial charge in [0.1, 0.15) is 10.7 Å². The second-order valence-electron chi connectivity index (χ2n) is 4.28. The molecule has 0 saturated heterocycles. The van der Waals surface area contributed by atoms with Gasteiger partial charge in [0.25, 0.3) is 5.91 Å². The number of aromatic nitrogens is 2. The second-order valence-corrected chi connectivity index (χ2v) is 6.34. The fourth-order valence-corrected chi connectivity index (χ4v) is 3.23. The summed E-state index contributed by atoms with van der Waals surface area (Å²) in [4.78, 5) is 22.9. The molecule has 0 aliphatic carbocycles. The Balaban J connectivity index is 2.09. The van der Waals surface area contributed by atoms with E-state index in [9.17, 15) is 4.79 Å². The van der Waals surface area contributed by atoms with Crippen molar-refractivity contribution in [1.29, 1.82) is 0 Å². The molecule has 0 atom stereocenters. The molecule has 0 saturated carbocycles. The van der Waals surface area contributed by atoms with E-state index in [2.05, 4.69) is 15.3 Å². The minimum atomic E-state index is -0.130. The molecule has 2 heterocycles. The standard InChI is InChI=1S/C12H17N5OS2/c1-4-14-12-16-10(13)9(20-12)11(18)17(3)5-8-6-19-7(2)15-8/h6H,4-5,13H2,1-3H3,(H,14,16). The van der Waals surface area contributed by atoms with Gasteiger partial charge in [0.15, 0.2) is 5.13 Å². The first-order chi connectivity index (χ1) is 9.51. The topological polar surface area (TPSA) is 84.1 Å². The van der Waals surface area contributed by atoms with Crippen LogP contribution in [0, 0.1) is 6.92 Å². The van der Waals surface area contributed by atoms with E-state index >= 15 is 0 Å². The Hall–Kier alpha value is -1.67. The van der Waals surface area contributed by atoms with Gasteiger partial charge in [-0.15, -0.1) is 11.3 Å². The van der Waals surface area contributed by atoms with E-state index in [1.165, 1.54) is 11.3 Å². The highest BCUT2D eigenvalue weighted by Crippen LogP contribution is 2.26. The summed E-state index contributed by atoms with van der Waals surface area (Å²) in [7, 11) is 1.74. The van der Waals surface area contributed by atoms with Crippen LogP contribution in [0.5, 0.6) is 0 Å². The summed E-state index contributed by atoms with van der Waals surface area (Å²) in [6.07, 6.45) is 0. The molecule has 2 aromatic rings. The summed E-state index contributed by atoms with van der Waals surface area (Å²) in [5.41, 5.74) is 6.69. The molecule has 20 heavy (non-hydrogen) atoms. The fraction of sp³-hybridized carbons (Fsp3) is 0.417. The number of carbonyl (C=O) groups is 1. The van der Waals surface area contributed by atoms with Crippen LogP contribution in [0.2, 0.25) is 0 Å². The van der Waals surface area contributed by atoms with Gasteiger partial charge in [-0.05, 0) is 13.8 Å². The largest absolute Gasteiger partial charge is 0.382 e. The van der Waals surface area contributed by atoms with Crippen LogP contribution in [-0.2, 0) is 6.54 Å². The third-order valence-corrected chi connectivity index (χ3v) is 4.43. The van der Waals surface area contributed by atoms with E-state index in [1.807, 2.05) is 19.2 Å². The summed E-state index contributed by atoms with van der Waals surface area (Å²) < 4.78 is 0. The number of rotatable bonds is 5. The third kappa shape index (κ3) is 3.26. The number of thiazole rings is 2. The quantitative estimate of drug-likeness (QED) is 0.884. The van der Waals surface area contributed by atoms with Crippen molar-refractivity contribution in [3.05, 3.63) is 21.0 Å². The maximum absolute atomic E-state index is 12.4. The van der Waals surface area contributed by atoms with Crippen molar-refractivity contribution < 1.29 is 4.79 Å². The van der Waals surface area contributed by atoms with Crippen molar-refractivity contribution in [3.63, 3.8) is 0 Å². The predicted molar refractivity (Wildman–Crippen MR) is 83.3 cm³/mol. The molecule has 0 aromatic carbocycles. The lowest BCUT2D eigenvalue weighted by atomic mass is 10.4. The predicted octanol–water partition coefficient (Wildman–Crippen LogP) is 2.19. The Morgan fingerprint density at radius 2 is 2.25 bits per heavy atom. The minimum Gasteiger partial charge on any atom is -0.382 e. The van der Waals surface area contributed by atoms with Crippen LogP contribution in [0.25, 0.3) is 0 Å². The van der Waals surface area contributed by atoms with Gasteiger partial charge in [0, 0.05) is 19.0 Å². The Morgan fingerprint density at radius 1 is 1.50 bits per heavy atom. The number of nitrogens with one attached hydrogen (secondary N) is 1. The zero-order valence-electron chi connectivity index (χ0n) is 11.6. The van der Waals surface area contributed by atoms with Crippen LogP contribution in [0.4, 0.5) is 10.9 Å². The summed E-state index contributed by atoms with van der Waals surface area (Å²) in [5, 5.41) is 6.68. The van der Waals surface area contributed by atoms with E-state index in [0.29, 0.717) is 16.6 Å². The van der Waals surface area contributed by atoms with Crippen molar-refractivity contribution in [2.45, 2.75) is 20.4 Å². The number of aryl methyl sites for hydroxylation is 1. The number of nitrogen functional groups attached to an aromatic ring is 1. The normalized spacial score (nSPS) is 10.6. The molecule has 0 unspecified atom stereocenters. The minimum absolute atomic E-state index is 0.130. The third-order valence-electron chi connectivity index (χ3n) is 2.59. The molecule has 0 bridgehead atoms. The molecule has 2 rings (SSSR count). The Bertz CT molecular complexity index is 607. The zero-order chi connectivity index (χ0) is 14.7. The van der Waals surface area contributed by atoms with Crippen molar-refractivity contribution in [1.82, 2.24) is 14.9 Å². The second kappa shape index (κ2) is 6.19. The highest BCUT2D eigenvalue weighted by molar-refractivity contribution is 7.18. The molecule has 0 aliphatic rings. The Morgan fingerprint density at radius 3 is 2.85 bits per heavy atom. The van der Waals surface area contributed by atoms with Gasteiger partial charge in [-0.2, -0.15) is 0 Å². The van der Waals surface area contributed by atoms with Gasteiger partial charge in [-0.25, -0.2) is 9.97 Å². The smallest absolute Gasteiger partial charge is 0.267 e. The zero-order valence-corrected chi connectivity index (χ0v) is 13.3. The Labute approximate surface area is 125 Å². The van der Waals surface area contributed by atoms with Crippen LogP contribution in [-0.4, -0.2) is 34.4 Å². The lowest BCUT2D eigenvalue weighted by molar-refractivity contribution is 0.0789. The summed E-state index contributed by atoms with van der Waals surface area (Å²) in [6, 6.07) is 0. The van der Waals surface area contributed by atoms with Crippen molar-refractivity contribution in [3.8, 4) is 0 Å². The van der Waals surface area contributed by atoms with Crippen LogP contribution >= 0.6 is 22.7 Å². The van der Waals surface area contributed by atoms with Gasteiger partial charge in [0.05, 0.1) is 17.2 Å². The highest BCUT2D eigenvalue weighted by Gasteiger charge is 2.20. The van der Waals surface area contributed by atoms with E-state index in [-0.39, 0.29) is 11.7 Å². The van der Waals surface area contributed by atoms with Crippen molar-refractivity contribution in [2.24, 2.45) is 0 Å². The monoisotopic (exact) mass is 311 g/mol.